The van der Waals surface area contributed by atoms with Gasteiger partial charge in [0.2, 0.25) is 11.8 Å². The Hall–Kier alpha value is -2.05. The van der Waals surface area contributed by atoms with E-state index in [1.165, 1.54) is 0 Å². The Kier molecular flexibility index (Phi) is 2.74. The molecule has 0 saturated carbocycles. The monoisotopic (exact) mass is 237 g/mol. The topological polar surface area (TPSA) is 93.2 Å². The Morgan fingerprint density at radius 3 is 2.47 bits per heavy atom. The van der Waals surface area contributed by atoms with Gasteiger partial charge in [-0.1, -0.05) is 0 Å². The summed E-state index contributed by atoms with van der Waals surface area (Å²) in [5.41, 5.74) is 7.16. The third-order valence-corrected chi connectivity index (χ3v) is 2.69. The van der Waals surface area contributed by atoms with Gasteiger partial charge in [0.1, 0.15) is 0 Å². The van der Waals surface area contributed by atoms with Gasteiger partial charge in [-0.2, -0.15) is 5.10 Å². The predicted molar refractivity (Wildman–Crippen MR) is 62.4 cm³/mol. The molecule has 1 aromatic heterocycles. The molecule has 7 nitrogen and oxygen atoms in total. The van der Waals surface area contributed by atoms with Gasteiger partial charge in [0, 0.05) is 6.54 Å². The molecule has 3 N–H and O–H groups in total. The second-order valence-electron chi connectivity index (χ2n) is 3.97. The second-order valence-corrected chi connectivity index (χ2v) is 3.97. The first kappa shape index (κ1) is 11.4. The number of hydrogen-bond acceptors (Lipinski definition) is 5. The van der Waals surface area contributed by atoms with Gasteiger partial charge in [0.05, 0.1) is 24.5 Å². The molecule has 0 spiro atoms. The lowest BCUT2D eigenvalue weighted by molar-refractivity contribution is -0.130. The molecule has 0 atom stereocenters. The number of hydrogen-bond donors (Lipinski definition) is 2. The molecule has 0 aliphatic carbocycles. The summed E-state index contributed by atoms with van der Waals surface area (Å²) >= 11 is 0. The van der Waals surface area contributed by atoms with Crippen LogP contribution in [0, 0.1) is 6.92 Å². The van der Waals surface area contributed by atoms with E-state index in [1.807, 2.05) is 6.92 Å². The number of nitrogens with one attached hydrogen (secondary N) is 1. The van der Waals surface area contributed by atoms with E-state index in [1.54, 1.807) is 16.5 Å². The average molecular weight is 237 g/mol. The molecule has 0 radical (unpaired) electrons. The summed E-state index contributed by atoms with van der Waals surface area (Å²) < 4.78 is 1.70. The van der Waals surface area contributed by atoms with Crippen LogP contribution in [-0.4, -0.2) is 34.7 Å². The van der Waals surface area contributed by atoms with E-state index < -0.39 is 0 Å². The van der Waals surface area contributed by atoms with Crippen LogP contribution in [0.4, 0.5) is 11.5 Å². The molecule has 0 unspecified atom stereocenters. The van der Waals surface area contributed by atoms with Crippen molar-refractivity contribution in [1.29, 1.82) is 0 Å². The second kappa shape index (κ2) is 4.08. The van der Waals surface area contributed by atoms with Crippen LogP contribution in [0.5, 0.6) is 0 Å². The van der Waals surface area contributed by atoms with Gasteiger partial charge in [0.15, 0.2) is 5.82 Å². The highest BCUT2D eigenvalue weighted by Crippen LogP contribution is 2.26. The Bertz CT molecular complexity index is 463. The highest BCUT2D eigenvalue weighted by molar-refractivity contribution is 6.03. The molecule has 7 heteroatoms. The molecule has 1 saturated heterocycles. The fourth-order valence-corrected chi connectivity index (χ4v) is 1.92. The number of anilines is 2. The Morgan fingerprint density at radius 2 is 1.94 bits per heavy atom. The molecule has 1 aliphatic rings. The molecule has 1 fully saturated rings. The fourth-order valence-electron chi connectivity index (χ4n) is 1.92. The summed E-state index contributed by atoms with van der Waals surface area (Å²) in [4.78, 5) is 24.3. The largest absolute Gasteiger partial charge is 0.394 e. The van der Waals surface area contributed by atoms with Gasteiger partial charge < -0.3 is 10.6 Å². The van der Waals surface area contributed by atoms with E-state index in [0.29, 0.717) is 23.7 Å². The molecule has 2 heterocycles. The van der Waals surface area contributed by atoms with Gasteiger partial charge in [0.25, 0.3) is 0 Å². The molecule has 0 bridgehead atoms. The van der Waals surface area contributed by atoms with E-state index in [0.717, 1.165) is 0 Å². The van der Waals surface area contributed by atoms with Gasteiger partial charge in [-0.25, -0.2) is 4.68 Å². The van der Waals surface area contributed by atoms with Crippen molar-refractivity contribution in [3.8, 4) is 0 Å². The fraction of sp³-hybridized carbons (Fsp3) is 0.500. The van der Waals surface area contributed by atoms with Gasteiger partial charge in [-0.3, -0.25) is 14.9 Å². The summed E-state index contributed by atoms with van der Waals surface area (Å²) in [6.45, 7) is 4.62. The minimum absolute atomic E-state index is 0.126. The number of carbonyl (C=O) groups excluding carboxylic acids is 2. The number of nitrogens with zero attached hydrogens (tertiary/aromatic N) is 3. The lowest BCUT2D eigenvalue weighted by Gasteiger charge is -2.27. The van der Waals surface area contributed by atoms with Crippen molar-refractivity contribution in [2.24, 2.45) is 0 Å². The van der Waals surface area contributed by atoms with Gasteiger partial charge in [-0.15, -0.1) is 0 Å². The molecule has 0 aromatic carbocycles. The molecule has 1 aromatic rings. The summed E-state index contributed by atoms with van der Waals surface area (Å²) in [6, 6.07) is 0. The zero-order chi connectivity index (χ0) is 12.6. The SMILES string of the molecule is CCn1nc(C)c(N)c1N1CC(=O)NC(=O)C1. The number of nitrogen functional groups attached to an aromatic ring is 1. The van der Waals surface area contributed by atoms with Crippen molar-refractivity contribution in [1.82, 2.24) is 15.1 Å². The van der Waals surface area contributed by atoms with Crippen LogP contribution in [-0.2, 0) is 16.1 Å². The van der Waals surface area contributed by atoms with Crippen LogP contribution in [0.15, 0.2) is 0 Å². The van der Waals surface area contributed by atoms with Crippen LogP contribution < -0.4 is 16.0 Å². The number of imide groups is 1. The predicted octanol–water partition coefficient (Wildman–Crippen LogP) is -0.744. The van der Waals surface area contributed by atoms with Crippen molar-refractivity contribution < 1.29 is 9.59 Å². The van der Waals surface area contributed by atoms with Crippen LogP contribution in [0.3, 0.4) is 0 Å². The minimum Gasteiger partial charge on any atom is -0.394 e. The lowest BCUT2D eigenvalue weighted by atomic mass is 10.3. The Balaban J connectivity index is 2.39. The normalized spacial score (nSPS) is 16.2. The van der Waals surface area contributed by atoms with Crippen molar-refractivity contribution >= 4 is 23.3 Å². The maximum absolute atomic E-state index is 11.3. The Labute approximate surface area is 98.6 Å². The van der Waals surface area contributed by atoms with Crippen LogP contribution in [0.25, 0.3) is 0 Å². The quantitative estimate of drug-likeness (QED) is 0.660. The van der Waals surface area contributed by atoms with Crippen molar-refractivity contribution in [3.05, 3.63) is 5.69 Å². The standard InChI is InChI=1S/C10H15N5O2/c1-3-15-10(9(11)6(2)13-15)14-4-7(16)12-8(17)5-14/h3-5,11H2,1-2H3,(H,12,16,17). The molecule has 2 rings (SSSR count). The third kappa shape index (κ3) is 1.95. The minimum atomic E-state index is -0.317. The van der Waals surface area contributed by atoms with E-state index >= 15 is 0 Å². The molecule has 17 heavy (non-hydrogen) atoms. The molecule has 1 aliphatic heterocycles. The Morgan fingerprint density at radius 1 is 1.35 bits per heavy atom. The highest BCUT2D eigenvalue weighted by atomic mass is 16.2. The molecular weight excluding hydrogens is 222 g/mol. The molecular formula is C10H15N5O2. The first-order valence-corrected chi connectivity index (χ1v) is 5.43. The molecule has 92 valence electrons. The maximum atomic E-state index is 11.3. The number of carbonyl (C=O) groups is 2. The maximum Gasteiger partial charge on any atom is 0.246 e. The van der Waals surface area contributed by atoms with E-state index in [-0.39, 0.29) is 24.9 Å². The van der Waals surface area contributed by atoms with Crippen LogP contribution in [0.1, 0.15) is 12.6 Å². The van der Waals surface area contributed by atoms with Crippen molar-refractivity contribution in [2.45, 2.75) is 20.4 Å². The molecule has 2 amide bonds. The summed E-state index contributed by atoms with van der Waals surface area (Å²) in [5.74, 6) is 0.0116. The third-order valence-electron chi connectivity index (χ3n) is 2.69. The van der Waals surface area contributed by atoms with E-state index in [9.17, 15) is 9.59 Å². The summed E-state index contributed by atoms with van der Waals surface area (Å²) in [7, 11) is 0. The first-order valence-electron chi connectivity index (χ1n) is 5.43. The highest BCUT2D eigenvalue weighted by Gasteiger charge is 2.27. The van der Waals surface area contributed by atoms with Crippen molar-refractivity contribution in [3.63, 3.8) is 0 Å². The number of rotatable bonds is 2. The van der Waals surface area contributed by atoms with E-state index in [2.05, 4.69) is 10.4 Å². The number of piperazine rings is 1. The number of nitrogens with two attached hydrogens (primary N) is 1. The first-order chi connectivity index (χ1) is 8.02. The zero-order valence-corrected chi connectivity index (χ0v) is 9.86. The van der Waals surface area contributed by atoms with Crippen LogP contribution >= 0.6 is 0 Å². The van der Waals surface area contributed by atoms with Crippen LogP contribution in [0.2, 0.25) is 0 Å². The van der Waals surface area contributed by atoms with E-state index in [4.69, 9.17) is 5.73 Å². The lowest BCUT2D eigenvalue weighted by Crippen LogP contribution is -2.52. The van der Waals surface area contributed by atoms with Gasteiger partial charge >= 0.3 is 0 Å². The van der Waals surface area contributed by atoms with Crippen molar-refractivity contribution in [2.75, 3.05) is 23.7 Å². The zero-order valence-electron chi connectivity index (χ0n) is 9.86. The number of aromatic nitrogens is 2. The summed E-state index contributed by atoms with van der Waals surface area (Å²) in [6.07, 6.45) is 0. The van der Waals surface area contributed by atoms with Gasteiger partial charge in [-0.05, 0) is 13.8 Å². The average Bonchev–Trinajstić information content (AvgIpc) is 2.53. The number of amides is 2. The number of aryl methyl sites for hydroxylation is 2. The summed E-state index contributed by atoms with van der Waals surface area (Å²) in [5, 5.41) is 6.51. The smallest absolute Gasteiger partial charge is 0.246 e.